The maximum absolute atomic E-state index is 4.97. The third-order valence-electron chi connectivity index (χ3n) is 6.60. The van der Waals surface area contributed by atoms with Crippen LogP contribution in [0.4, 0.5) is 0 Å². The van der Waals surface area contributed by atoms with Crippen molar-refractivity contribution < 1.29 is 0 Å². The van der Waals surface area contributed by atoms with E-state index in [1.165, 1.54) is 82.0 Å². The largest absolute Gasteiger partial charge is 0.357 e. The fraction of sp³-hybridized carbons (Fsp3) is 0.833. The number of unbranched alkanes of at least 4 members (excludes halogenated alkanes) is 1. The van der Waals surface area contributed by atoms with Gasteiger partial charge in [-0.2, -0.15) is 0 Å². The van der Waals surface area contributed by atoms with Crippen LogP contribution in [0.3, 0.4) is 0 Å². The Morgan fingerprint density at radius 3 is 2.48 bits per heavy atom. The van der Waals surface area contributed by atoms with E-state index in [1.54, 1.807) is 11.3 Å². The van der Waals surface area contributed by atoms with Crippen LogP contribution in [0.25, 0.3) is 0 Å². The minimum Gasteiger partial charge on any atom is -0.357 e. The number of aromatic nitrogens is 1. The zero-order chi connectivity index (χ0) is 21.9. The molecule has 2 fully saturated rings. The summed E-state index contributed by atoms with van der Waals surface area (Å²) in [6.45, 7) is 15.5. The number of aliphatic imine (C=N–C) groups is 1. The van der Waals surface area contributed by atoms with Gasteiger partial charge < -0.3 is 15.5 Å². The van der Waals surface area contributed by atoms with Gasteiger partial charge in [-0.3, -0.25) is 9.89 Å². The Morgan fingerprint density at radius 2 is 1.84 bits per heavy atom. The van der Waals surface area contributed by atoms with Crippen molar-refractivity contribution in [3.05, 3.63) is 16.1 Å². The number of guanidine groups is 1. The highest BCUT2D eigenvalue weighted by Gasteiger charge is 2.22. The summed E-state index contributed by atoms with van der Waals surface area (Å²) in [6, 6.07) is 0.559. The van der Waals surface area contributed by atoms with Crippen molar-refractivity contribution in [1.82, 2.24) is 25.4 Å². The summed E-state index contributed by atoms with van der Waals surface area (Å²) in [7, 11) is 0. The van der Waals surface area contributed by atoms with Crippen molar-refractivity contribution in [2.75, 3.05) is 45.8 Å². The van der Waals surface area contributed by atoms with Gasteiger partial charge in [0.05, 0.1) is 10.7 Å². The van der Waals surface area contributed by atoms with Gasteiger partial charge in [-0.1, -0.05) is 20.3 Å². The van der Waals surface area contributed by atoms with Crippen LogP contribution < -0.4 is 10.6 Å². The molecule has 3 rings (SSSR count). The summed E-state index contributed by atoms with van der Waals surface area (Å²) in [6.07, 6.45) is 8.59. The van der Waals surface area contributed by atoms with Crippen LogP contribution in [0.5, 0.6) is 0 Å². The topological polar surface area (TPSA) is 55.8 Å². The molecule has 0 radical (unpaired) electrons. The lowest BCUT2D eigenvalue weighted by molar-refractivity contribution is 0.179. The van der Waals surface area contributed by atoms with Gasteiger partial charge in [0.2, 0.25) is 0 Å². The van der Waals surface area contributed by atoms with E-state index in [-0.39, 0.29) is 0 Å². The Bertz CT molecular complexity index is 644. The highest BCUT2D eigenvalue weighted by atomic mass is 32.1. The predicted molar refractivity (Wildman–Crippen MR) is 133 cm³/mol. The summed E-state index contributed by atoms with van der Waals surface area (Å²) >= 11 is 1.80. The molecule has 0 amide bonds. The molecule has 2 saturated heterocycles. The van der Waals surface area contributed by atoms with Gasteiger partial charge in [-0.25, -0.2) is 4.98 Å². The number of aryl methyl sites for hydroxylation is 1. The third kappa shape index (κ3) is 8.35. The normalized spacial score (nSPS) is 20.3. The van der Waals surface area contributed by atoms with Gasteiger partial charge in [0.25, 0.3) is 0 Å². The van der Waals surface area contributed by atoms with E-state index in [2.05, 4.69) is 46.6 Å². The molecule has 176 valence electrons. The highest BCUT2D eigenvalue weighted by molar-refractivity contribution is 7.09. The average molecular weight is 449 g/mol. The molecule has 2 aliphatic rings. The predicted octanol–water partition coefficient (Wildman–Crippen LogP) is 3.74. The van der Waals surface area contributed by atoms with Gasteiger partial charge in [0.15, 0.2) is 5.96 Å². The molecule has 0 bridgehead atoms. The van der Waals surface area contributed by atoms with Crippen LogP contribution in [-0.4, -0.2) is 72.6 Å². The SMILES string of the molecule is CCCCN1CCC(NC(=NCC2CCN(Cc3csc(CC)n3)CC2)NCC)CC1. The molecular formula is C24H44N6S. The number of nitrogens with one attached hydrogen (secondary N) is 2. The van der Waals surface area contributed by atoms with Crippen LogP contribution in [0.2, 0.25) is 0 Å². The summed E-state index contributed by atoms with van der Waals surface area (Å²) in [5.74, 6) is 1.72. The van der Waals surface area contributed by atoms with Gasteiger partial charge in [-0.05, 0) is 71.0 Å². The van der Waals surface area contributed by atoms with E-state index in [0.717, 1.165) is 32.0 Å². The standard InChI is InChI=1S/C24H44N6S/c1-4-7-12-29-15-10-21(11-16-29)28-24(25-6-3)26-17-20-8-13-30(14-9-20)18-22-19-31-23(5-2)27-22/h19-21H,4-18H2,1-3H3,(H2,25,26,28). The van der Waals surface area contributed by atoms with Crippen molar-refractivity contribution in [3.8, 4) is 0 Å². The Hall–Kier alpha value is -1.18. The second-order valence-corrected chi connectivity index (χ2v) is 10.1. The molecule has 1 aromatic rings. The molecule has 0 atom stereocenters. The fourth-order valence-electron chi connectivity index (χ4n) is 4.56. The van der Waals surface area contributed by atoms with Crippen LogP contribution in [0.15, 0.2) is 10.4 Å². The first-order chi connectivity index (χ1) is 15.2. The van der Waals surface area contributed by atoms with Crippen molar-refractivity contribution in [3.63, 3.8) is 0 Å². The molecule has 0 spiro atoms. The Labute approximate surface area is 193 Å². The molecule has 2 aliphatic heterocycles. The van der Waals surface area contributed by atoms with Gasteiger partial charge >= 0.3 is 0 Å². The average Bonchev–Trinajstić information content (AvgIpc) is 3.25. The van der Waals surface area contributed by atoms with Crippen LogP contribution in [0, 0.1) is 5.92 Å². The number of rotatable bonds is 10. The molecule has 7 heteroatoms. The minimum atomic E-state index is 0.559. The first-order valence-electron chi connectivity index (χ1n) is 12.6. The van der Waals surface area contributed by atoms with Crippen molar-refractivity contribution >= 4 is 17.3 Å². The Kier molecular flexibility index (Phi) is 10.6. The van der Waals surface area contributed by atoms with Gasteiger partial charge in [0, 0.05) is 44.1 Å². The quantitative estimate of drug-likeness (QED) is 0.422. The monoisotopic (exact) mass is 448 g/mol. The first-order valence-corrected chi connectivity index (χ1v) is 13.5. The van der Waals surface area contributed by atoms with E-state index in [1.807, 2.05) is 0 Å². The number of likely N-dealkylation sites (tertiary alicyclic amines) is 2. The minimum absolute atomic E-state index is 0.559. The zero-order valence-corrected chi connectivity index (χ0v) is 20.9. The lowest BCUT2D eigenvalue weighted by Gasteiger charge is -2.33. The molecule has 0 aromatic carbocycles. The summed E-state index contributed by atoms with van der Waals surface area (Å²) < 4.78 is 0. The number of nitrogens with zero attached hydrogens (tertiary/aromatic N) is 4. The first kappa shape index (κ1) is 24.5. The van der Waals surface area contributed by atoms with E-state index >= 15 is 0 Å². The number of hydrogen-bond acceptors (Lipinski definition) is 5. The molecule has 1 aromatic heterocycles. The summed E-state index contributed by atoms with van der Waals surface area (Å²) in [5, 5.41) is 10.7. The lowest BCUT2D eigenvalue weighted by Crippen LogP contribution is -2.49. The van der Waals surface area contributed by atoms with Crippen LogP contribution >= 0.6 is 11.3 Å². The maximum atomic E-state index is 4.97. The number of thiazole rings is 1. The molecule has 0 unspecified atom stereocenters. The van der Waals surface area contributed by atoms with Crippen molar-refractivity contribution in [1.29, 1.82) is 0 Å². The third-order valence-corrected chi connectivity index (χ3v) is 7.64. The van der Waals surface area contributed by atoms with Crippen molar-refractivity contribution in [2.45, 2.75) is 78.3 Å². The Balaban J connectivity index is 1.38. The van der Waals surface area contributed by atoms with Crippen molar-refractivity contribution in [2.24, 2.45) is 10.9 Å². The van der Waals surface area contributed by atoms with E-state index in [9.17, 15) is 0 Å². The molecule has 3 heterocycles. The van der Waals surface area contributed by atoms with E-state index < -0.39 is 0 Å². The number of piperidine rings is 2. The second kappa shape index (κ2) is 13.4. The number of hydrogen-bond donors (Lipinski definition) is 2. The van der Waals surface area contributed by atoms with E-state index in [0.29, 0.717) is 12.0 Å². The van der Waals surface area contributed by atoms with Gasteiger partial charge in [-0.15, -0.1) is 11.3 Å². The van der Waals surface area contributed by atoms with Crippen LogP contribution in [0.1, 0.15) is 70.0 Å². The van der Waals surface area contributed by atoms with Gasteiger partial charge in [0.1, 0.15) is 0 Å². The molecular weight excluding hydrogens is 404 g/mol. The maximum Gasteiger partial charge on any atom is 0.191 e. The molecule has 6 nitrogen and oxygen atoms in total. The second-order valence-electron chi connectivity index (χ2n) is 9.14. The zero-order valence-electron chi connectivity index (χ0n) is 20.0. The fourth-order valence-corrected chi connectivity index (χ4v) is 5.29. The molecule has 0 aliphatic carbocycles. The highest BCUT2D eigenvalue weighted by Crippen LogP contribution is 2.20. The lowest BCUT2D eigenvalue weighted by atomic mass is 9.97. The molecule has 31 heavy (non-hydrogen) atoms. The summed E-state index contributed by atoms with van der Waals surface area (Å²) in [5.41, 5.74) is 1.25. The Morgan fingerprint density at radius 1 is 1.10 bits per heavy atom. The van der Waals surface area contributed by atoms with E-state index in [4.69, 9.17) is 9.98 Å². The van der Waals surface area contributed by atoms with Crippen LogP contribution in [-0.2, 0) is 13.0 Å². The summed E-state index contributed by atoms with van der Waals surface area (Å²) in [4.78, 5) is 14.9. The molecule has 2 N–H and O–H groups in total. The molecule has 0 saturated carbocycles. The smallest absolute Gasteiger partial charge is 0.191 e.